The molecule has 1 spiro atoms. The third-order valence-corrected chi connectivity index (χ3v) is 6.98. The molecule has 3 fully saturated rings. The second kappa shape index (κ2) is 6.09. The molecule has 1 N–H and O–H groups in total. The maximum absolute atomic E-state index is 6.01. The van der Waals surface area contributed by atoms with Gasteiger partial charge in [0.15, 0.2) is 5.17 Å². The molecule has 0 aromatic heterocycles. The maximum atomic E-state index is 6.01. The molecule has 0 aromatic carbocycles. The van der Waals surface area contributed by atoms with Gasteiger partial charge in [-0.3, -0.25) is 9.89 Å². The second-order valence-corrected chi connectivity index (χ2v) is 8.21. The summed E-state index contributed by atoms with van der Waals surface area (Å²) in [5.41, 5.74) is 0.542. The van der Waals surface area contributed by atoms with Crippen LogP contribution in [0.2, 0.25) is 0 Å². The molecule has 0 radical (unpaired) electrons. The van der Waals surface area contributed by atoms with Gasteiger partial charge in [0.05, 0.1) is 12.7 Å². The third kappa shape index (κ3) is 3.10. The molecule has 3 aliphatic heterocycles. The molecule has 2 saturated heterocycles. The Morgan fingerprint density at radius 3 is 3.05 bits per heavy atom. The van der Waals surface area contributed by atoms with E-state index in [2.05, 4.69) is 10.2 Å². The fraction of sp³-hybridized carbons (Fsp3) is 0.938. The number of fused-ring (bicyclic) bond motifs is 1. The van der Waals surface area contributed by atoms with Gasteiger partial charge in [0.2, 0.25) is 0 Å². The van der Waals surface area contributed by atoms with Crippen LogP contribution in [0.3, 0.4) is 0 Å². The highest BCUT2D eigenvalue weighted by Crippen LogP contribution is 2.43. The van der Waals surface area contributed by atoms with E-state index in [1.54, 1.807) is 0 Å². The highest BCUT2D eigenvalue weighted by molar-refractivity contribution is 8.13. The quantitative estimate of drug-likeness (QED) is 0.847. The molecule has 2 unspecified atom stereocenters. The average molecular weight is 309 g/mol. The van der Waals surface area contributed by atoms with Gasteiger partial charge in [-0.15, -0.1) is 0 Å². The second-order valence-electron chi connectivity index (χ2n) is 7.24. The van der Waals surface area contributed by atoms with E-state index in [-0.39, 0.29) is 0 Å². The Kier molecular flexibility index (Phi) is 4.16. The molecule has 1 saturated carbocycles. The molecule has 2 atom stereocenters. The molecule has 3 heterocycles. The molecule has 118 valence electrons. The van der Waals surface area contributed by atoms with E-state index in [9.17, 15) is 0 Å². The summed E-state index contributed by atoms with van der Waals surface area (Å²) in [6, 6.07) is 0.699. The van der Waals surface area contributed by atoms with Crippen LogP contribution in [-0.2, 0) is 4.74 Å². The maximum Gasteiger partial charge on any atom is 0.156 e. The van der Waals surface area contributed by atoms with Crippen LogP contribution in [-0.4, -0.2) is 60.8 Å². The Morgan fingerprint density at radius 2 is 2.24 bits per heavy atom. The highest BCUT2D eigenvalue weighted by Gasteiger charge is 2.37. The van der Waals surface area contributed by atoms with Crippen molar-refractivity contribution in [1.29, 1.82) is 0 Å². The van der Waals surface area contributed by atoms with Crippen LogP contribution in [0.1, 0.15) is 38.5 Å². The van der Waals surface area contributed by atoms with Crippen LogP contribution in [0.15, 0.2) is 4.99 Å². The number of thioether (sulfide) groups is 1. The van der Waals surface area contributed by atoms with Gasteiger partial charge in [0.1, 0.15) is 0 Å². The minimum Gasteiger partial charge on any atom is -0.373 e. The van der Waals surface area contributed by atoms with Crippen LogP contribution >= 0.6 is 11.8 Å². The zero-order valence-corrected chi connectivity index (χ0v) is 13.7. The zero-order valence-electron chi connectivity index (χ0n) is 12.9. The van der Waals surface area contributed by atoms with Gasteiger partial charge < -0.3 is 10.1 Å². The van der Waals surface area contributed by atoms with E-state index >= 15 is 0 Å². The Bertz CT molecular complexity index is 408. The molecular formula is C16H27N3OS. The topological polar surface area (TPSA) is 36.9 Å². The number of ether oxygens (including phenoxy) is 1. The normalized spacial score (nSPS) is 35.7. The first-order chi connectivity index (χ1) is 10.3. The number of nitrogens with zero attached hydrogens (tertiary/aromatic N) is 2. The summed E-state index contributed by atoms with van der Waals surface area (Å²) in [5, 5.41) is 4.69. The molecule has 4 aliphatic rings. The van der Waals surface area contributed by atoms with Crippen LogP contribution in [0.5, 0.6) is 0 Å². The smallest absolute Gasteiger partial charge is 0.156 e. The van der Waals surface area contributed by atoms with Gasteiger partial charge in [0.25, 0.3) is 0 Å². The first kappa shape index (κ1) is 14.3. The summed E-state index contributed by atoms with van der Waals surface area (Å²) in [7, 11) is 0. The lowest BCUT2D eigenvalue weighted by Gasteiger charge is -2.36. The Morgan fingerprint density at radius 1 is 1.33 bits per heavy atom. The monoisotopic (exact) mass is 309 g/mol. The van der Waals surface area contributed by atoms with Crippen molar-refractivity contribution in [1.82, 2.24) is 10.2 Å². The van der Waals surface area contributed by atoms with Gasteiger partial charge >= 0.3 is 0 Å². The molecule has 21 heavy (non-hydrogen) atoms. The van der Waals surface area contributed by atoms with E-state index in [1.807, 2.05) is 11.8 Å². The van der Waals surface area contributed by atoms with E-state index in [0.717, 1.165) is 31.4 Å². The van der Waals surface area contributed by atoms with Crippen molar-refractivity contribution in [2.75, 3.05) is 38.5 Å². The largest absolute Gasteiger partial charge is 0.373 e. The molecule has 0 bridgehead atoms. The molecule has 0 aromatic rings. The molecule has 5 heteroatoms. The number of aliphatic imine (C=N–C) groups is 1. The minimum atomic E-state index is 0.338. The standard InChI is InChI=1S/C16H27N3OS/c1-2-6-16(5-1)11-18-15(21-12-16)17-8-14-9-19-7-3-4-13(19)10-20-14/h13-14H,1-12H2,(H,17,18). The fourth-order valence-electron chi connectivity index (χ4n) is 4.30. The first-order valence-corrected chi connectivity index (χ1v) is 9.58. The lowest BCUT2D eigenvalue weighted by molar-refractivity contribution is -0.0451. The summed E-state index contributed by atoms with van der Waals surface area (Å²) in [5.74, 6) is 1.26. The van der Waals surface area contributed by atoms with Crippen molar-refractivity contribution >= 4 is 16.9 Å². The minimum absolute atomic E-state index is 0.338. The van der Waals surface area contributed by atoms with Crippen molar-refractivity contribution in [2.24, 2.45) is 10.4 Å². The van der Waals surface area contributed by atoms with Crippen molar-refractivity contribution in [3.63, 3.8) is 0 Å². The van der Waals surface area contributed by atoms with E-state index in [4.69, 9.17) is 9.73 Å². The Balaban J connectivity index is 1.25. The summed E-state index contributed by atoms with van der Waals surface area (Å²) in [6.07, 6.45) is 8.60. The van der Waals surface area contributed by atoms with Crippen molar-refractivity contribution in [3.8, 4) is 0 Å². The SMILES string of the molecule is C1CC2COC(CNC3=NCC4(CCCC4)CS3)CN2C1. The van der Waals surface area contributed by atoms with Crippen LogP contribution < -0.4 is 5.32 Å². The van der Waals surface area contributed by atoms with Gasteiger partial charge in [-0.25, -0.2) is 0 Å². The highest BCUT2D eigenvalue weighted by atomic mass is 32.2. The molecular weight excluding hydrogens is 282 g/mol. The molecule has 4 nitrogen and oxygen atoms in total. The Labute approximate surface area is 132 Å². The molecule has 1 aliphatic carbocycles. The number of hydrogen-bond donors (Lipinski definition) is 1. The van der Waals surface area contributed by atoms with Crippen LogP contribution in [0.4, 0.5) is 0 Å². The summed E-state index contributed by atoms with van der Waals surface area (Å²) < 4.78 is 6.01. The number of hydrogen-bond acceptors (Lipinski definition) is 5. The van der Waals surface area contributed by atoms with Crippen molar-refractivity contribution in [3.05, 3.63) is 0 Å². The predicted octanol–water partition coefficient (Wildman–Crippen LogP) is 2.10. The average Bonchev–Trinajstić information content (AvgIpc) is 3.16. The Hall–Kier alpha value is -0.260. The van der Waals surface area contributed by atoms with Crippen molar-refractivity contribution < 1.29 is 4.74 Å². The van der Waals surface area contributed by atoms with E-state index in [1.165, 1.54) is 50.8 Å². The van der Waals surface area contributed by atoms with Crippen LogP contribution in [0, 0.1) is 5.41 Å². The first-order valence-electron chi connectivity index (χ1n) is 8.60. The van der Waals surface area contributed by atoms with Gasteiger partial charge in [-0.05, 0) is 37.6 Å². The number of nitrogens with one attached hydrogen (secondary N) is 1. The zero-order chi connectivity index (χ0) is 14.1. The number of amidine groups is 1. The molecule has 0 amide bonds. The van der Waals surface area contributed by atoms with Gasteiger partial charge in [0, 0.05) is 31.4 Å². The summed E-state index contributed by atoms with van der Waals surface area (Å²) in [4.78, 5) is 7.43. The van der Waals surface area contributed by atoms with Gasteiger partial charge in [-0.1, -0.05) is 24.6 Å². The number of rotatable bonds is 2. The molecule has 4 rings (SSSR count). The van der Waals surface area contributed by atoms with E-state index < -0.39 is 0 Å². The van der Waals surface area contributed by atoms with Crippen molar-refractivity contribution in [2.45, 2.75) is 50.7 Å². The third-order valence-electron chi connectivity index (χ3n) is 5.68. The summed E-state index contributed by atoms with van der Waals surface area (Å²) >= 11 is 1.94. The lowest BCUT2D eigenvalue weighted by atomic mass is 9.89. The van der Waals surface area contributed by atoms with Gasteiger partial charge in [-0.2, -0.15) is 0 Å². The lowest BCUT2D eigenvalue weighted by Crippen LogP contribution is -2.50. The fourth-order valence-corrected chi connectivity index (χ4v) is 5.46. The number of morpholine rings is 1. The van der Waals surface area contributed by atoms with Crippen LogP contribution in [0.25, 0.3) is 0 Å². The summed E-state index contributed by atoms with van der Waals surface area (Å²) in [6.45, 7) is 5.25. The predicted molar refractivity (Wildman–Crippen MR) is 88.0 cm³/mol. The van der Waals surface area contributed by atoms with E-state index in [0.29, 0.717) is 17.6 Å².